The van der Waals surface area contributed by atoms with Gasteiger partial charge in [0.1, 0.15) is 5.75 Å². The molecule has 17 heavy (non-hydrogen) atoms. The van der Waals surface area contributed by atoms with Crippen molar-refractivity contribution in [3.8, 4) is 5.75 Å². The SMILES string of the molecule is COc1ccc2nc(C(=O)O)c(=O)n(C)c2c1. The Hall–Kier alpha value is -2.37. The zero-order chi connectivity index (χ0) is 12.6. The number of aryl methyl sites for hydroxylation is 1. The largest absolute Gasteiger partial charge is 0.497 e. The molecule has 0 unspecified atom stereocenters. The van der Waals surface area contributed by atoms with Crippen LogP contribution in [-0.4, -0.2) is 27.7 Å². The van der Waals surface area contributed by atoms with Gasteiger partial charge in [0.2, 0.25) is 5.69 Å². The third-order valence-electron chi connectivity index (χ3n) is 2.49. The number of benzene rings is 1. The Bertz CT molecular complexity index is 660. The molecule has 2 aromatic rings. The first-order chi connectivity index (χ1) is 8.04. The van der Waals surface area contributed by atoms with Crippen molar-refractivity contribution < 1.29 is 14.6 Å². The molecule has 0 atom stereocenters. The maximum Gasteiger partial charge on any atom is 0.360 e. The molecule has 0 bridgehead atoms. The number of hydrogen-bond donors (Lipinski definition) is 1. The van der Waals surface area contributed by atoms with Gasteiger partial charge in [-0.05, 0) is 12.1 Å². The second-order valence-corrected chi connectivity index (χ2v) is 3.48. The van der Waals surface area contributed by atoms with E-state index in [0.29, 0.717) is 16.8 Å². The van der Waals surface area contributed by atoms with Gasteiger partial charge in [0.15, 0.2) is 0 Å². The summed E-state index contributed by atoms with van der Waals surface area (Å²) >= 11 is 0. The van der Waals surface area contributed by atoms with Crippen molar-refractivity contribution in [2.24, 2.45) is 7.05 Å². The van der Waals surface area contributed by atoms with Gasteiger partial charge < -0.3 is 14.4 Å². The Labute approximate surface area is 96.1 Å². The van der Waals surface area contributed by atoms with E-state index in [9.17, 15) is 9.59 Å². The van der Waals surface area contributed by atoms with E-state index in [0.717, 1.165) is 0 Å². The van der Waals surface area contributed by atoms with E-state index in [4.69, 9.17) is 9.84 Å². The number of hydrogen-bond acceptors (Lipinski definition) is 4. The molecule has 0 amide bonds. The summed E-state index contributed by atoms with van der Waals surface area (Å²) in [5.41, 5.74) is -0.159. The third-order valence-corrected chi connectivity index (χ3v) is 2.49. The molecule has 0 saturated heterocycles. The zero-order valence-electron chi connectivity index (χ0n) is 9.30. The van der Waals surface area contributed by atoms with Crippen molar-refractivity contribution in [2.45, 2.75) is 0 Å². The Kier molecular flexibility index (Phi) is 2.55. The lowest BCUT2D eigenvalue weighted by atomic mass is 10.2. The molecule has 1 N–H and O–H groups in total. The molecule has 1 heterocycles. The van der Waals surface area contributed by atoms with E-state index in [2.05, 4.69) is 4.98 Å². The average molecular weight is 234 g/mol. The van der Waals surface area contributed by atoms with Crippen molar-refractivity contribution in [1.29, 1.82) is 0 Å². The van der Waals surface area contributed by atoms with Crippen LogP contribution in [0.5, 0.6) is 5.75 Å². The van der Waals surface area contributed by atoms with E-state index >= 15 is 0 Å². The van der Waals surface area contributed by atoms with Crippen molar-refractivity contribution in [1.82, 2.24) is 9.55 Å². The van der Waals surface area contributed by atoms with Crippen LogP contribution in [0.25, 0.3) is 11.0 Å². The van der Waals surface area contributed by atoms with Gasteiger partial charge in [-0.25, -0.2) is 9.78 Å². The predicted octanol–water partition coefficient (Wildman–Crippen LogP) is 0.640. The monoisotopic (exact) mass is 234 g/mol. The summed E-state index contributed by atoms with van der Waals surface area (Å²) in [5.74, 6) is -0.749. The van der Waals surface area contributed by atoms with Crippen LogP contribution in [0.1, 0.15) is 10.5 Å². The second kappa shape index (κ2) is 3.89. The Morgan fingerprint density at radius 3 is 2.76 bits per heavy atom. The van der Waals surface area contributed by atoms with Crippen molar-refractivity contribution in [3.63, 3.8) is 0 Å². The molecular formula is C11H10N2O4. The second-order valence-electron chi connectivity index (χ2n) is 3.48. The minimum absolute atomic E-state index is 0.435. The van der Waals surface area contributed by atoms with E-state index in [-0.39, 0.29) is 0 Å². The van der Waals surface area contributed by atoms with Crippen LogP contribution in [-0.2, 0) is 7.05 Å². The number of ether oxygens (including phenoxy) is 1. The molecule has 0 radical (unpaired) electrons. The third kappa shape index (κ3) is 1.73. The summed E-state index contributed by atoms with van der Waals surface area (Å²) in [6.45, 7) is 0. The van der Waals surface area contributed by atoms with Crippen LogP contribution in [0, 0.1) is 0 Å². The molecule has 6 heteroatoms. The summed E-state index contributed by atoms with van der Waals surface area (Å²) in [7, 11) is 3.01. The Morgan fingerprint density at radius 1 is 1.47 bits per heavy atom. The smallest absolute Gasteiger partial charge is 0.360 e. The summed E-state index contributed by atoms with van der Waals surface area (Å²) < 4.78 is 6.28. The average Bonchev–Trinajstić information content (AvgIpc) is 2.33. The number of aromatic carboxylic acids is 1. The van der Waals surface area contributed by atoms with Crippen LogP contribution in [0.15, 0.2) is 23.0 Å². The van der Waals surface area contributed by atoms with Gasteiger partial charge in [-0.15, -0.1) is 0 Å². The Balaban J connectivity index is 2.86. The molecular weight excluding hydrogens is 224 g/mol. The number of carbonyl (C=O) groups is 1. The van der Waals surface area contributed by atoms with Crippen LogP contribution in [0.4, 0.5) is 0 Å². The summed E-state index contributed by atoms with van der Waals surface area (Å²) in [5, 5.41) is 8.85. The normalized spacial score (nSPS) is 10.5. The highest BCUT2D eigenvalue weighted by Crippen LogP contribution is 2.17. The molecule has 88 valence electrons. The van der Waals surface area contributed by atoms with Gasteiger partial charge in [0, 0.05) is 13.1 Å². The summed E-state index contributed by atoms with van der Waals surface area (Å²) in [6.07, 6.45) is 0. The van der Waals surface area contributed by atoms with Gasteiger partial charge in [-0.2, -0.15) is 0 Å². The maximum absolute atomic E-state index is 11.7. The molecule has 0 fully saturated rings. The first kappa shape index (κ1) is 11.1. The summed E-state index contributed by atoms with van der Waals surface area (Å²) in [4.78, 5) is 26.4. The number of rotatable bonds is 2. The minimum Gasteiger partial charge on any atom is -0.497 e. The van der Waals surface area contributed by atoms with Crippen molar-refractivity contribution in [2.75, 3.05) is 7.11 Å². The number of nitrogens with zero attached hydrogens (tertiary/aromatic N) is 2. The molecule has 0 aliphatic rings. The fourth-order valence-electron chi connectivity index (χ4n) is 1.57. The topological polar surface area (TPSA) is 81.4 Å². The standard InChI is InChI=1S/C11H10N2O4/c1-13-8-5-6(17-2)3-4-7(8)12-9(10(13)14)11(15)16/h3-5H,1-2H3,(H,15,16). The number of fused-ring (bicyclic) bond motifs is 1. The maximum atomic E-state index is 11.7. The lowest BCUT2D eigenvalue weighted by Crippen LogP contribution is -2.26. The van der Waals surface area contributed by atoms with Crippen LogP contribution in [0.3, 0.4) is 0 Å². The van der Waals surface area contributed by atoms with E-state index in [1.54, 1.807) is 18.2 Å². The molecule has 1 aromatic heterocycles. The first-order valence-electron chi connectivity index (χ1n) is 4.82. The highest BCUT2D eigenvalue weighted by Gasteiger charge is 2.14. The number of aromatic nitrogens is 2. The van der Waals surface area contributed by atoms with Crippen molar-refractivity contribution in [3.05, 3.63) is 34.2 Å². The highest BCUT2D eigenvalue weighted by molar-refractivity contribution is 5.88. The molecule has 6 nitrogen and oxygen atoms in total. The van der Waals surface area contributed by atoms with Gasteiger partial charge in [-0.1, -0.05) is 0 Å². The van der Waals surface area contributed by atoms with Gasteiger partial charge >= 0.3 is 5.97 Å². The van der Waals surface area contributed by atoms with Crippen molar-refractivity contribution >= 4 is 17.0 Å². The fourth-order valence-corrected chi connectivity index (χ4v) is 1.57. The van der Waals surface area contributed by atoms with Crippen LogP contribution >= 0.6 is 0 Å². The van der Waals surface area contributed by atoms with Gasteiger partial charge in [0.05, 0.1) is 18.1 Å². The molecule has 2 rings (SSSR count). The number of methoxy groups -OCH3 is 1. The molecule has 0 saturated carbocycles. The lowest BCUT2D eigenvalue weighted by molar-refractivity contribution is 0.0688. The molecule has 1 aromatic carbocycles. The summed E-state index contributed by atoms with van der Waals surface area (Å²) in [6, 6.07) is 4.90. The number of carboxylic acid groups (broad SMARTS) is 1. The van der Waals surface area contributed by atoms with E-state index in [1.807, 2.05) is 0 Å². The quantitative estimate of drug-likeness (QED) is 0.824. The Morgan fingerprint density at radius 2 is 2.18 bits per heavy atom. The molecule has 0 spiro atoms. The van der Waals surface area contributed by atoms with Crippen LogP contribution < -0.4 is 10.3 Å². The zero-order valence-corrected chi connectivity index (χ0v) is 9.30. The van der Waals surface area contributed by atoms with Crippen LogP contribution in [0.2, 0.25) is 0 Å². The van der Waals surface area contributed by atoms with E-state index < -0.39 is 17.2 Å². The predicted molar refractivity (Wildman–Crippen MR) is 60.5 cm³/mol. The fraction of sp³-hybridized carbons (Fsp3) is 0.182. The molecule has 0 aliphatic heterocycles. The lowest BCUT2D eigenvalue weighted by Gasteiger charge is -2.07. The van der Waals surface area contributed by atoms with Gasteiger partial charge in [-0.3, -0.25) is 4.79 Å². The number of carboxylic acids is 1. The van der Waals surface area contributed by atoms with E-state index in [1.165, 1.54) is 18.7 Å². The van der Waals surface area contributed by atoms with Gasteiger partial charge in [0.25, 0.3) is 5.56 Å². The minimum atomic E-state index is -1.33. The molecule has 0 aliphatic carbocycles. The first-order valence-corrected chi connectivity index (χ1v) is 4.82. The highest BCUT2D eigenvalue weighted by atomic mass is 16.5.